The number of rotatable bonds is 14. The van der Waals surface area contributed by atoms with E-state index >= 15 is 0 Å². The first-order valence-electron chi connectivity index (χ1n) is 14.5. The van der Waals surface area contributed by atoms with E-state index < -0.39 is 60.0 Å². The Morgan fingerprint density at radius 1 is 1.00 bits per heavy atom. The minimum atomic E-state index is -1.76. The fraction of sp³-hybridized carbons (Fsp3) is 0.452. The summed E-state index contributed by atoms with van der Waals surface area (Å²) in [7, 11) is 0. The number of hydrogen-bond donors (Lipinski definition) is 6. The molecule has 0 unspecified atom stereocenters. The predicted molar refractivity (Wildman–Crippen MR) is 161 cm³/mol. The van der Waals surface area contributed by atoms with Crippen LogP contribution in [0.3, 0.4) is 0 Å². The molecule has 13 nitrogen and oxygen atoms in total. The number of nitrogens with zero attached hydrogens (tertiary/aromatic N) is 1. The molecule has 5 amide bonds. The molecular formula is C31H42N6O7. The lowest BCUT2D eigenvalue weighted by Gasteiger charge is -2.33. The Kier molecular flexibility index (Phi) is 12.2. The highest BCUT2D eigenvalue weighted by Crippen LogP contribution is 2.21. The summed E-state index contributed by atoms with van der Waals surface area (Å²) in [5.41, 5.74) is 11.8. The number of benzene rings is 2. The molecule has 1 heterocycles. The van der Waals surface area contributed by atoms with Crippen LogP contribution in [0.15, 0.2) is 60.7 Å². The topological polar surface area (TPSA) is 206 Å². The van der Waals surface area contributed by atoms with Crippen LogP contribution in [0.5, 0.6) is 0 Å². The number of aliphatic hydroxyl groups excluding tert-OH is 1. The van der Waals surface area contributed by atoms with Crippen LogP contribution < -0.4 is 27.4 Å². The highest BCUT2D eigenvalue weighted by Gasteiger charge is 2.41. The average Bonchev–Trinajstić information content (AvgIpc) is 3.50. The molecule has 0 saturated carbocycles. The number of primary amides is 1. The molecule has 2 aromatic rings. The standard InChI is InChI=1S/C31H42N6O7/c1-31(2,19-32)36-28(41)24-14-9-15-37(24)29(42)26(39)22(16-20-10-5-3-6-11-20)34-27(40)23(17-25(33)38)35-30(43)44-18-21-12-7-4-8-13-21/h3-8,10-13,22-24,26,39H,9,14-19,32H2,1-2H3,(H2,33,38)(H,34,40)(H,35,43)(H,36,41)/t22-,23-,24-,26-/m0/s1. The minimum absolute atomic E-state index is 0.0339. The summed E-state index contributed by atoms with van der Waals surface area (Å²) in [6.07, 6.45) is -2.29. The van der Waals surface area contributed by atoms with Crippen molar-refractivity contribution >= 4 is 29.7 Å². The molecule has 0 aliphatic carbocycles. The number of alkyl carbamates (subject to hydrolysis) is 1. The molecule has 0 radical (unpaired) electrons. The van der Waals surface area contributed by atoms with Crippen molar-refractivity contribution in [1.29, 1.82) is 0 Å². The normalized spacial score (nSPS) is 16.7. The summed E-state index contributed by atoms with van der Waals surface area (Å²) in [6, 6.07) is 14.3. The summed E-state index contributed by atoms with van der Waals surface area (Å²) in [4.78, 5) is 65.6. The van der Waals surface area contributed by atoms with Crippen molar-refractivity contribution in [3.8, 4) is 0 Å². The second kappa shape index (κ2) is 15.8. The van der Waals surface area contributed by atoms with Gasteiger partial charge in [0.25, 0.3) is 5.91 Å². The van der Waals surface area contributed by atoms with Crippen molar-refractivity contribution in [2.75, 3.05) is 13.1 Å². The van der Waals surface area contributed by atoms with Crippen LogP contribution in [0.1, 0.15) is 44.2 Å². The zero-order valence-corrected chi connectivity index (χ0v) is 25.0. The lowest BCUT2D eigenvalue weighted by atomic mass is 9.99. The van der Waals surface area contributed by atoms with E-state index in [9.17, 15) is 29.1 Å². The molecule has 44 heavy (non-hydrogen) atoms. The van der Waals surface area contributed by atoms with E-state index in [4.69, 9.17) is 16.2 Å². The van der Waals surface area contributed by atoms with Gasteiger partial charge in [-0.2, -0.15) is 0 Å². The molecule has 1 saturated heterocycles. The third-order valence-corrected chi connectivity index (χ3v) is 7.30. The third kappa shape index (κ3) is 10.1. The van der Waals surface area contributed by atoms with Gasteiger partial charge in [-0.1, -0.05) is 60.7 Å². The van der Waals surface area contributed by atoms with Gasteiger partial charge in [-0.25, -0.2) is 4.79 Å². The molecule has 1 aliphatic heterocycles. The van der Waals surface area contributed by atoms with Crippen molar-refractivity contribution < 1.29 is 33.8 Å². The van der Waals surface area contributed by atoms with E-state index in [1.165, 1.54) is 4.90 Å². The molecule has 8 N–H and O–H groups in total. The maximum absolute atomic E-state index is 13.6. The summed E-state index contributed by atoms with van der Waals surface area (Å²) < 4.78 is 5.18. The Hall–Kier alpha value is -4.49. The molecule has 0 spiro atoms. The first kappa shape index (κ1) is 34.0. The van der Waals surface area contributed by atoms with Crippen LogP contribution in [0.4, 0.5) is 4.79 Å². The molecule has 238 valence electrons. The zero-order chi connectivity index (χ0) is 32.3. The van der Waals surface area contributed by atoms with Gasteiger partial charge in [-0.3, -0.25) is 19.2 Å². The van der Waals surface area contributed by atoms with Crippen LogP contribution in [0, 0.1) is 0 Å². The van der Waals surface area contributed by atoms with Crippen molar-refractivity contribution in [2.45, 2.75) is 75.9 Å². The van der Waals surface area contributed by atoms with E-state index in [0.717, 1.165) is 0 Å². The largest absolute Gasteiger partial charge is 0.445 e. The zero-order valence-electron chi connectivity index (χ0n) is 25.0. The Balaban J connectivity index is 1.76. The number of nitrogens with two attached hydrogens (primary N) is 2. The number of nitrogens with one attached hydrogen (secondary N) is 3. The van der Waals surface area contributed by atoms with E-state index in [1.807, 2.05) is 6.07 Å². The van der Waals surface area contributed by atoms with Gasteiger partial charge in [0.05, 0.1) is 12.5 Å². The average molecular weight is 611 g/mol. The monoisotopic (exact) mass is 610 g/mol. The molecule has 0 bridgehead atoms. The number of carbonyl (C=O) groups is 5. The van der Waals surface area contributed by atoms with Gasteiger partial charge < -0.3 is 42.2 Å². The van der Waals surface area contributed by atoms with Gasteiger partial charge >= 0.3 is 6.09 Å². The van der Waals surface area contributed by atoms with Gasteiger partial charge in [0, 0.05) is 18.6 Å². The summed E-state index contributed by atoms with van der Waals surface area (Å²) in [5, 5.41) is 19.1. The maximum Gasteiger partial charge on any atom is 0.408 e. The second-order valence-corrected chi connectivity index (χ2v) is 11.4. The van der Waals surface area contributed by atoms with Crippen LogP contribution >= 0.6 is 0 Å². The fourth-order valence-corrected chi connectivity index (χ4v) is 4.82. The second-order valence-electron chi connectivity index (χ2n) is 11.4. The smallest absolute Gasteiger partial charge is 0.408 e. The number of carbonyl (C=O) groups excluding carboxylic acids is 5. The number of amides is 5. The van der Waals surface area contributed by atoms with Gasteiger partial charge in [0.1, 0.15) is 18.7 Å². The summed E-state index contributed by atoms with van der Waals surface area (Å²) in [6.45, 7) is 3.88. The van der Waals surface area contributed by atoms with E-state index in [0.29, 0.717) is 24.0 Å². The van der Waals surface area contributed by atoms with Crippen LogP contribution in [-0.4, -0.2) is 82.6 Å². The first-order valence-corrected chi connectivity index (χ1v) is 14.5. The predicted octanol–water partition coefficient (Wildman–Crippen LogP) is 0.0897. The SMILES string of the molecule is CC(C)(CN)NC(=O)[C@@H]1CCCN1C(=O)[C@@H](O)[C@H](Cc1ccccc1)NC(=O)[C@H](CC(N)=O)NC(=O)OCc1ccccc1. The van der Waals surface area contributed by atoms with Gasteiger partial charge in [-0.15, -0.1) is 0 Å². The van der Waals surface area contributed by atoms with Gasteiger partial charge in [0.2, 0.25) is 17.7 Å². The molecule has 0 aromatic heterocycles. The van der Waals surface area contributed by atoms with Gasteiger partial charge in [0.15, 0.2) is 6.10 Å². The van der Waals surface area contributed by atoms with Crippen molar-refractivity contribution in [2.24, 2.45) is 11.5 Å². The molecule has 4 atom stereocenters. The number of ether oxygens (including phenoxy) is 1. The number of likely N-dealkylation sites (tertiary alicyclic amines) is 1. The Labute approximate surface area is 256 Å². The lowest BCUT2D eigenvalue weighted by molar-refractivity contribution is -0.147. The molecule has 1 fully saturated rings. The molecule has 1 aliphatic rings. The number of aliphatic hydroxyl groups is 1. The molecule has 13 heteroatoms. The Bertz CT molecular complexity index is 1290. The summed E-state index contributed by atoms with van der Waals surface area (Å²) in [5.74, 6) is -2.84. The van der Waals surface area contributed by atoms with E-state index in [2.05, 4.69) is 16.0 Å². The molecule has 2 aromatic carbocycles. The van der Waals surface area contributed by atoms with Crippen molar-refractivity contribution in [3.05, 3.63) is 71.8 Å². The Morgan fingerprint density at radius 2 is 1.61 bits per heavy atom. The minimum Gasteiger partial charge on any atom is -0.445 e. The van der Waals surface area contributed by atoms with Crippen molar-refractivity contribution in [3.63, 3.8) is 0 Å². The van der Waals surface area contributed by atoms with Crippen LogP contribution in [-0.2, 0) is 36.9 Å². The fourth-order valence-electron chi connectivity index (χ4n) is 4.82. The molecule has 3 rings (SSSR count). The number of hydrogen-bond acceptors (Lipinski definition) is 8. The quantitative estimate of drug-likeness (QED) is 0.172. The summed E-state index contributed by atoms with van der Waals surface area (Å²) >= 11 is 0. The van der Waals surface area contributed by atoms with E-state index in [1.54, 1.807) is 68.4 Å². The molecular weight excluding hydrogens is 568 g/mol. The Morgan fingerprint density at radius 3 is 2.20 bits per heavy atom. The lowest BCUT2D eigenvalue weighted by Crippen LogP contribution is -2.60. The van der Waals surface area contributed by atoms with E-state index in [-0.39, 0.29) is 32.0 Å². The van der Waals surface area contributed by atoms with Crippen LogP contribution in [0.25, 0.3) is 0 Å². The highest BCUT2D eigenvalue weighted by molar-refractivity contribution is 5.93. The van der Waals surface area contributed by atoms with Crippen molar-refractivity contribution in [1.82, 2.24) is 20.9 Å². The van der Waals surface area contributed by atoms with Gasteiger partial charge in [-0.05, 0) is 44.2 Å². The highest BCUT2D eigenvalue weighted by atomic mass is 16.5. The first-order chi connectivity index (χ1) is 20.9. The third-order valence-electron chi connectivity index (χ3n) is 7.30. The maximum atomic E-state index is 13.6. The van der Waals surface area contributed by atoms with Crippen LogP contribution in [0.2, 0.25) is 0 Å².